The maximum absolute atomic E-state index is 10.6. The molecule has 0 radical (unpaired) electrons. The van der Waals surface area contributed by atoms with Crippen LogP contribution in [0.5, 0.6) is 0 Å². The molecule has 14 heavy (non-hydrogen) atoms. The van der Waals surface area contributed by atoms with E-state index >= 15 is 0 Å². The number of likely N-dealkylation sites (tertiary alicyclic amines) is 1. The Balaban J connectivity index is 2.28. The zero-order chi connectivity index (χ0) is 10.6. The molecule has 1 aliphatic heterocycles. The molecule has 0 spiro atoms. The van der Waals surface area contributed by atoms with Gasteiger partial charge in [-0.05, 0) is 38.8 Å². The normalized spacial score (nSPS) is 26.0. The first-order chi connectivity index (χ1) is 6.59. The van der Waals surface area contributed by atoms with Crippen molar-refractivity contribution in [3.63, 3.8) is 0 Å². The highest BCUT2D eigenvalue weighted by Crippen LogP contribution is 2.19. The summed E-state index contributed by atoms with van der Waals surface area (Å²) in [5.41, 5.74) is 11.1. The number of amides is 1. The summed E-state index contributed by atoms with van der Waals surface area (Å²) in [5, 5.41) is 0. The largest absolute Gasteiger partial charge is 0.370 e. The van der Waals surface area contributed by atoms with Gasteiger partial charge in [0.25, 0.3) is 0 Å². The van der Waals surface area contributed by atoms with Crippen LogP contribution in [0, 0.1) is 5.92 Å². The second kappa shape index (κ2) is 5.32. The fourth-order valence-corrected chi connectivity index (χ4v) is 2.10. The van der Waals surface area contributed by atoms with Gasteiger partial charge in [-0.15, -0.1) is 0 Å². The molecule has 1 heterocycles. The summed E-state index contributed by atoms with van der Waals surface area (Å²) >= 11 is 0. The highest BCUT2D eigenvalue weighted by Gasteiger charge is 2.23. The van der Waals surface area contributed by atoms with Crippen LogP contribution in [0.2, 0.25) is 0 Å². The molecule has 1 amide bonds. The molecule has 0 aromatic rings. The molecule has 4 N–H and O–H groups in total. The average molecular weight is 199 g/mol. The number of nitrogens with zero attached hydrogens (tertiary/aromatic N) is 1. The molecule has 0 saturated carbocycles. The number of nitrogens with two attached hydrogens (primary N) is 2. The molecule has 1 rings (SSSR count). The lowest BCUT2D eigenvalue weighted by Crippen LogP contribution is -2.42. The fraction of sp³-hybridized carbons (Fsp3) is 0.900. The summed E-state index contributed by atoms with van der Waals surface area (Å²) in [4.78, 5) is 12.9. The number of hydrogen-bond donors (Lipinski definition) is 2. The summed E-state index contributed by atoms with van der Waals surface area (Å²) in [6.45, 7) is 2.22. The van der Waals surface area contributed by atoms with Crippen LogP contribution in [0.25, 0.3) is 0 Å². The van der Waals surface area contributed by atoms with Crippen molar-refractivity contribution >= 4 is 5.91 Å². The average Bonchev–Trinajstić information content (AvgIpc) is 2.14. The number of rotatable bonds is 4. The van der Waals surface area contributed by atoms with E-state index in [9.17, 15) is 4.79 Å². The van der Waals surface area contributed by atoms with Crippen LogP contribution in [-0.2, 0) is 4.79 Å². The monoisotopic (exact) mass is 199 g/mol. The van der Waals surface area contributed by atoms with E-state index in [2.05, 4.69) is 11.9 Å². The Morgan fingerprint density at radius 2 is 2.36 bits per heavy atom. The van der Waals surface area contributed by atoms with Gasteiger partial charge in [0.15, 0.2) is 0 Å². The third-order valence-corrected chi connectivity index (χ3v) is 2.99. The van der Waals surface area contributed by atoms with Crippen LogP contribution < -0.4 is 11.5 Å². The van der Waals surface area contributed by atoms with E-state index in [0.717, 1.165) is 13.0 Å². The number of piperidine rings is 1. The summed E-state index contributed by atoms with van der Waals surface area (Å²) in [5.74, 6) is 0.290. The van der Waals surface area contributed by atoms with E-state index in [1.807, 2.05) is 0 Å². The Kier molecular flexibility index (Phi) is 4.35. The van der Waals surface area contributed by atoms with Crippen molar-refractivity contribution in [1.82, 2.24) is 4.90 Å². The SMILES string of the molecule is CN1CCCC(C(N)CCC(N)=O)C1. The van der Waals surface area contributed by atoms with Gasteiger partial charge in [0, 0.05) is 19.0 Å². The van der Waals surface area contributed by atoms with Crippen molar-refractivity contribution < 1.29 is 4.79 Å². The zero-order valence-corrected chi connectivity index (χ0v) is 8.91. The summed E-state index contributed by atoms with van der Waals surface area (Å²) in [7, 11) is 2.12. The highest BCUT2D eigenvalue weighted by atomic mass is 16.1. The van der Waals surface area contributed by atoms with Crippen LogP contribution in [0.1, 0.15) is 25.7 Å². The van der Waals surface area contributed by atoms with Crippen molar-refractivity contribution in [3.05, 3.63) is 0 Å². The lowest BCUT2D eigenvalue weighted by molar-refractivity contribution is -0.118. The van der Waals surface area contributed by atoms with E-state index in [1.54, 1.807) is 0 Å². The Morgan fingerprint density at radius 1 is 1.64 bits per heavy atom. The Bertz CT molecular complexity index is 196. The first-order valence-corrected chi connectivity index (χ1v) is 5.32. The molecule has 1 fully saturated rings. The second-order valence-electron chi connectivity index (χ2n) is 4.33. The number of hydrogen-bond acceptors (Lipinski definition) is 3. The van der Waals surface area contributed by atoms with Crippen LogP contribution in [0.15, 0.2) is 0 Å². The predicted octanol–water partition coefficient (Wildman–Crippen LogP) is -0.0790. The fourth-order valence-electron chi connectivity index (χ4n) is 2.10. The minimum Gasteiger partial charge on any atom is -0.370 e. The van der Waals surface area contributed by atoms with E-state index in [4.69, 9.17) is 11.5 Å². The van der Waals surface area contributed by atoms with Crippen molar-refractivity contribution in [2.24, 2.45) is 17.4 Å². The molecule has 1 saturated heterocycles. The molecule has 0 aliphatic carbocycles. The van der Waals surface area contributed by atoms with Gasteiger partial charge in [-0.3, -0.25) is 4.79 Å². The van der Waals surface area contributed by atoms with Crippen LogP contribution in [0.4, 0.5) is 0 Å². The Hall–Kier alpha value is -0.610. The lowest BCUT2D eigenvalue weighted by Gasteiger charge is -2.33. The van der Waals surface area contributed by atoms with E-state index in [1.165, 1.54) is 19.4 Å². The van der Waals surface area contributed by atoms with Gasteiger partial charge in [-0.2, -0.15) is 0 Å². The molecule has 4 heteroatoms. The molecule has 4 nitrogen and oxygen atoms in total. The maximum Gasteiger partial charge on any atom is 0.217 e. The van der Waals surface area contributed by atoms with Gasteiger partial charge in [-0.1, -0.05) is 0 Å². The highest BCUT2D eigenvalue weighted by molar-refractivity contribution is 5.73. The predicted molar refractivity (Wildman–Crippen MR) is 56.6 cm³/mol. The van der Waals surface area contributed by atoms with Crippen LogP contribution in [-0.4, -0.2) is 37.0 Å². The van der Waals surface area contributed by atoms with E-state index in [0.29, 0.717) is 12.3 Å². The van der Waals surface area contributed by atoms with Crippen molar-refractivity contribution in [2.45, 2.75) is 31.7 Å². The number of carbonyl (C=O) groups is 1. The minimum atomic E-state index is -0.246. The molecule has 0 aromatic carbocycles. The van der Waals surface area contributed by atoms with Gasteiger partial charge >= 0.3 is 0 Å². The molecule has 0 aromatic heterocycles. The standard InChI is InChI=1S/C10H21N3O/c1-13-6-2-3-8(7-13)9(11)4-5-10(12)14/h8-9H,2-7,11H2,1H3,(H2,12,14). The molecule has 2 atom stereocenters. The quantitative estimate of drug-likeness (QED) is 0.665. The Morgan fingerprint density at radius 3 is 2.93 bits per heavy atom. The summed E-state index contributed by atoms with van der Waals surface area (Å²) in [6.07, 6.45) is 3.55. The van der Waals surface area contributed by atoms with Gasteiger partial charge in [0.05, 0.1) is 0 Å². The van der Waals surface area contributed by atoms with E-state index < -0.39 is 0 Å². The van der Waals surface area contributed by atoms with Crippen LogP contribution >= 0.6 is 0 Å². The first kappa shape index (κ1) is 11.5. The lowest BCUT2D eigenvalue weighted by atomic mass is 9.89. The number of carbonyl (C=O) groups excluding carboxylic acids is 1. The molecule has 1 aliphatic rings. The van der Waals surface area contributed by atoms with Crippen molar-refractivity contribution in [2.75, 3.05) is 20.1 Å². The smallest absolute Gasteiger partial charge is 0.217 e. The summed E-state index contributed by atoms with van der Waals surface area (Å²) < 4.78 is 0. The molecule has 2 unspecified atom stereocenters. The number of primary amides is 1. The molecule has 0 bridgehead atoms. The maximum atomic E-state index is 10.6. The van der Waals surface area contributed by atoms with Crippen molar-refractivity contribution in [1.29, 1.82) is 0 Å². The third-order valence-electron chi connectivity index (χ3n) is 2.99. The molecule has 82 valence electrons. The third kappa shape index (κ3) is 3.64. The zero-order valence-electron chi connectivity index (χ0n) is 8.91. The van der Waals surface area contributed by atoms with Gasteiger partial charge in [-0.25, -0.2) is 0 Å². The molecular formula is C10H21N3O. The van der Waals surface area contributed by atoms with Crippen molar-refractivity contribution in [3.8, 4) is 0 Å². The first-order valence-electron chi connectivity index (χ1n) is 5.32. The minimum absolute atomic E-state index is 0.130. The van der Waals surface area contributed by atoms with Gasteiger partial charge in [0.2, 0.25) is 5.91 Å². The summed E-state index contributed by atoms with van der Waals surface area (Å²) in [6, 6.07) is 0.130. The topological polar surface area (TPSA) is 72.3 Å². The van der Waals surface area contributed by atoms with Gasteiger partial charge < -0.3 is 16.4 Å². The van der Waals surface area contributed by atoms with E-state index in [-0.39, 0.29) is 11.9 Å². The molecular weight excluding hydrogens is 178 g/mol. The van der Waals surface area contributed by atoms with Crippen LogP contribution in [0.3, 0.4) is 0 Å². The Labute approximate surface area is 85.6 Å². The van der Waals surface area contributed by atoms with Gasteiger partial charge in [0.1, 0.15) is 0 Å². The second-order valence-corrected chi connectivity index (χ2v) is 4.33.